The van der Waals surface area contributed by atoms with Crippen LogP contribution < -0.4 is 0 Å². The molecule has 0 aliphatic rings. The van der Waals surface area contributed by atoms with Crippen LogP contribution in [0, 0.1) is 13.0 Å². The zero-order valence-corrected chi connectivity index (χ0v) is 10.6. The van der Waals surface area contributed by atoms with E-state index >= 15 is 0 Å². The van der Waals surface area contributed by atoms with Gasteiger partial charge in [-0.15, -0.1) is 0 Å². The smallest absolute Gasteiger partial charge is 0.137 e. The molecule has 0 unspecified atom stereocenters. The lowest BCUT2D eigenvalue weighted by Crippen LogP contribution is -1.85. The molecule has 54 valence electrons. The summed E-state index contributed by atoms with van der Waals surface area (Å²) < 4.78 is 15.2. The summed E-state index contributed by atoms with van der Waals surface area (Å²) in [5.41, 5.74) is 0. The molecule has 10 heavy (non-hydrogen) atoms. The van der Waals surface area contributed by atoms with Crippen molar-refractivity contribution in [1.29, 1.82) is 0 Å². The summed E-state index contributed by atoms with van der Waals surface area (Å²) in [5, 5.41) is 0. The van der Waals surface area contributed by atoms with Crippen molar-refractivity contribution in [2.75, 3.05) is 0 Å². The van der Waals surface area contributed by atoms with E-state index in [9.17, 15) is 4.39 Å². The first-order valence-electron chi connectivity index (χ1n) is 2.42. The van der Waals surface area contributed by atoms with Crippen molar-refractivity contribution in [1.82, 2.24) is 0 Å². The van der Waals surface area contributed by atoms with Crippen LogP contribution in [-0.2, 0) is 0 Å². The van der Waals surface area contributed by atoms with E-state index in [2.05, 4.69) is 38.5 Å². The van der Waals surface area contributed by atoms with Crippen LogP contribution in [0.4, 0.5) is 4.39 Å². The van der Waals surface area contributed by atoms with Crippen molar-refractivity contribution in [2.24, 2.45) is 0 Å². The lowest BCUT2D eigenvalue weighted by molar-refractivity contribution is 0.618. The van der Waals surface area contributed by atoms with E-state index in [1.165, 1.54) is 6.07 Å². The van der Waals surface area contributed by atoms with E-state index in [0.29, 0.717) is 3.57 Å². The summed E-state index contributed by atoms with van der Waals surface area (Å²) in [6, 6.07) is 3.20. The topological polar surface area (TPSA) is 0 Å². The first-order chi connectivity index (χ1) is 4.63. The van der Waals surface area contributed by atoms with Crippen LogP contribution in [0.2, 0.25) is 0 Å². The summed E-state index contributed by atoms with van der Waals surface area (Å²) in [7, 11) is 0. The van der Waals surface area contributed by atoms with Gasteiger partial charge in [0.1, 0.15) is 5.82 Å². The highest BCUT2D eigenvalue weighted by atomic mass is 127. The fraction of sp³-hybridized carbons (Fsp3) is 0. The molecule has 0 N–H and O–H groups in total. The predicted octanol–water partition coefficient (Wildman–Crippen LogP) is 3.80. The van der Waals surface area contributed by atoms with Crippen LogP contribution in [0.5, 0.6) is 0 Å². The number of halogens is 4. The Kier molecular flexibility index (Phi) is 3.36. The van der Waals surface area contributed by atoms with Crippen molar-refractivity contribution < 1.29 is 4.39 Å². The summed E-state index contributed by atoms with van der Waals surface area (Å²) in [6.07, 6.45) is 0. The quantitative estimate of drug-likeness (QED) is 0.336. The molecule has 1 aromatic carbocycles. The van der Waals surface area contributed by atoms with Gasteiger partial charge in [-0.2, -0.15) is 0 Å². The first-order valence-corrected chi connectivity index (χ1v) is 5.37. The second-order valence-corrected chi connectivity index (χ2v) is 4.69. The number of rotatable bonds is 0. The Morgan fingerprint density at radius 2 is 1.90 bits per heavy atom. The van der Waals surface area contributed by atoms with E-state index in [1.54, 1.807) is 6.07 Å². The first kappa shape index (κ1) is 9.18. The van der Waals surface area contributed by atoms with Gasteiger partial charge in [0.05, 0.1) is 3.57 Å². The maximum Gasteiger partial charge on any atom is 0.137 e. The van der Waals surface area contributed by atoms with Crippen LogP contribution in [0.1, 0.15) is 0 Å². The number of benzene rings is 1. The Balaban J connectivity index is 3.34. The van der Waals surface area contributed by atoms with Crippen molar-refractivity contribution >= 4 is 61.1 Å². The monoisotopic (exact) mass is 426 g/mol. The molecule has 0 heterocycles. The molecule has 0 fully saturated rings. The molecular weight excluding hydrogens is 425 g/mol. The highest BCUT2D eigenvalue weighted by Gasteiger charge is 2.05. The largest absolute Gasteiger partial charge is 0.206 e. The Morgan fingerprint density at radius 3 is 2.40 bits per heavy atom. The normalized spacial score (nSPS) is 10.0. The minimum absolute atomic E-state index is 0.173. The second-order valence-electron chi connectivity index (χ2n) is 1.66. The van der Waals surface area contributed by atoms with Crippen molar-refractivity contribution in [2.45, 2.75) is 0 Å². The molecule has 4 heteroatoms. The van der Waals surface area contributed by atoms with Gasteiger partial charge in [0.2, 0.25) is 0 Å². The molecule has 0 atom stereocenters. The van der Waals surface area contributed by atoms with Crippen LogP contribution in [0.15, 0.2) is 16.6 Å². The SMILES string of the molecule is Fc1ccc(I)c(Br)c1I. The molecule has 0 aliphatic carbocycles. The van der Waals surface area contributed by atoms with Gasteiger partial charge in [0.15, 0.2) is 0 Å². The molecule has 0 radical (unpaired) electrons. The predicted molar refractivity (Wildman–Crippen MR) is 59.5 cm³/mol. The van der Waals surface area contributed by atoms with Gasteiger partial charge in [0.25, 0.3) is 0 Å². The highest BCUT2D eigenvalue weighted by molar-refractivity contribution is 14.1. The maximum atomic E-state index is 12.7. The molecule has 0 saturated heterocycles. The molecule has 0 nitrogen and oxygen atoms in total. The Morgan fingerprint density at radius 1 is 1.30 bits per heavy atom. The third-order valence-electron chi connectivity index (χ3n) is 0.988. The third-order valence-corrected chi connectivity index (χ3v) is 5.25. The Bertz CT molecular complexity index is 235. The minimum atomic E-state index is -0.173. The van der Waals surface area contributed by atoms with E-state index in [1.807, 2.05) is 22.6 Å². The van der Waals surface area contributed by atoms with E-state index in [4.69, 9.17) is 0 Å². The molecule has 0 bridgehead atoms. The molecule has 0 amide bonds. The summed E-state index contributed by atoms with van der Waals surface area (Å²) in [6.45, 7) is 0. The average Bonchev–Trinajstić information content (AvgIpc) is 1.93. The lowest BCUT2D eigenvalue weighted by atomic mass is 10.4. The Labute approximate surface area is 94.0 Å². The zero-order chi connectivity index (χ0) is 7.72. The van der Waals surface area contributed by atoms with Gasteiger partial charge in [-0.3, -0.25) is 0 Å². The summed E-state index contributed by atoms with van der Waals surface area (Å²) in [4.78, 5) is 0. The van der Waals surface area contributed by atoms with Crippen molar-refractivity contribution in [3.63, 3.8) is 0 Å². The van der Waals surface area contributed by atoms with Gasteiger partial charge >= 0.3 is 0 Å². The van der Waals surface area contributed by atoms with Gasteiger partial charge < -0.3 is 0 Å². The maximum absolute atomic E-state index is 12.7. The molecular formula is C6H2BrFI2. The van der Waals surface area contributed by atoms with Crippen LogP contribution in [0.3, 0.4) is 0 Å². The average molecular weight is 427 g/mol. The fourth-order valence-corrected chi connectivity index (χ4v) is 2.26. The van der Waals surface area contributed by atoms with Crippen LogP contribution >= 0.6 is 61.1 Å². The van der Waals surface area contributed by atoms with Gasteiger partial charge in [-0.25, -0.2) is 4.39 Å². The molecule has 0 spiro atoms. The van der Waals surface area contributed by atoms with E-state index < -0.39 is 0 Å². The van der Waals surface area contributed by atoms with Crippen LogP contribution in [0.25, 0.3) is 0 Å². The van der Waals surface area contributed by atoms with Gasteiger partial charge in [-0.05, 0) is 73.2 Å². The van der Waals surface area contributed by atoms with Gasteiger partial charge in [0, 0.05) is 8.04 Å². The molecule has 0 saturated carbocycles. The molecule has 0 aliphatic heterocycles. The van der Waals surface area contributed by atoms with E-state index in [-0.39, 0.29) is 5.82 Å². The second kappa shape index (κ2) is 3.66. The number of hydrogen-bond donors (Lipinski definition) is 0. The minimum Gasteiger partial charge on any atom is -0.206 e. The molecule has 1 aromatic rings. The summed E-state index contributed by atoms with van der Waals surface area (Å²) in [5.74, 6) is -0.173. The van der Waals surface area contributed by atoms with Gasteiger partial charge in [-0.1, -0.05) is 0 Å². The third kappa shape index (κ3) is 1.82. The zero-order valence-electron chi connectivity index (χ0n) is 4.67. The standard InChI is InChI=1S/C6H2BrFI2/c7-5-4(9)2-1-3(8)6(5)10/h1-2H. The summed E-state index contributed by atoms with van der Waals surface area (Å²) >= 11 is 7.39. The van der Waals surface area contributed by atoms with Crippen LogP contribution in [-0.4, -0.2) is 0 Å². The van der Waals surface area contributed by atoms with Crippen molar-refractivity contribution in [3.8, 4) is 0 Å². The Hall–Kier alpha value is 1.09. The van der Waals surface area contributed by atoms with Crippen molar-refractivity contribution in [3.05, 3.63) is 29.6 Å². The molecule has 0 aromatic heterocycles. The highest BCUT2D eigenvalue weighted by Crippen LogP contribution is 2.26. The molecule has 1 rings (SSSR count). The van der Waals surface area contributed by atoms with E-state index in [0.717, 1.165) is 8.04 Å². The lowest BCUT2D eigenvalue weighted by Gasteiger charge is -1.98. The number of hydrogen-bond acceptors (Lipinski definition) is 0. The fourth-order valence-electron chi connectivity index (χ4n) is 0.502.